The zero-order chi connectivity index (χ0) is 13.2. The number of anilines is 1. The molecule has 0 spiro atoms. The summed E-state index contributed by atoms with van der Waals surface area (Å²) in [5.41, 5.74) is 0.716. The summed E-state index contributed by atoms with van der Waals surface area (Å²) in [6, 6.07) is 5.63. The molecule has 2 aromatic heterocycles. The lowest BCUT2D eigenvalue weighted by atomic mass is 9.89. The van der Waals surface area contributed by atoms with Crippen LogP contribution in [0.3, 0.4) is 0 Å². The smallest absolute Gasteiger partial charge is 0.249 e. The zero-order valence-electron chi connectivity index (χ0n) is 10.5. The molecule has 2 heterocycles. The van der Waals surface area contributed by atoms with Crippen molar-refractivity contribution in [3.05, 3.63) is 22.8 Å². The molecule has 6 heteroatoms. The SMILES string of the molecule is O=C(Nc1nc2cccc(Br)n2n1)C1CCCCC1. The zero-order valence-corrected chi connectivity index (χ0v) is 12.1. The van der Waals surface area contributed by atoms with E-state index in [-0.39, 0.29) is 11.8 Å². The average molecular weight is 323 g/mol. The molecule has 0 bridgehead atoms. The third kappa shape index (κ3) is 2.63. The van der Waals surface area contributed by atoms with E-state index < -0.39 is 0 Å². The van der Waals surface area contributed by atoms with Gasteiger partial charge in [-0.1, -0.05) is 25.3 Å². The molecule has 19 heavy (non-hydrogen) atoms. The van der Waals surface area contributed by atoms with E-state index in [1.165, 1.54) is 6.42 Å². The number of hydrogen-bond donors (Lipinski definition) is 1. The van der Waals surface area contributed by atoms with Crippen LogP contribution in [0.4, 0.5) is 5.95 Å². The van der Waals surface area contributed by atoms with Gasteiger partial charge in [-0.2, -0.15) is 4.98 Å². The minimum atomic E-state index is 0.0479. The van der Waals surface area contributed by atoms with E-state index in [4.69, 9.17) is 0 Å². The number of amides is 1. The molecule has 1 saturated carbocycles. The van der Waals surface area contributed by atoms with Gasteiger partial charge in [-0.25, -0.2) is 4.52 Å². The fourth-order valence-corrected chi connectivity index (χ4v) is 2.92. The van der Waals surface area contributed by atoms with Crippen molar-refractivity contribution in [2.45, 2.75) is 32.1 Å². The highest BCUT2D eigenvalue weighted by atomic mass is 79.9. The van der Waals surface area contributed by atoms with E-state index in [2.05, 4.69) is 31.3 Å². The number of fused-ring (bicyclic) bond motifs is 1. The molecular formula is C13H15BrN4O. The summed E-state index contributed by atoms with van der Waals surface area (Å²) in [4.78, 5) is 16.4. The van der Waals surface area contributed by atoms with Crippen LogP contribution in [-0.2, 0) is 4.79 Å². The van der Waals surface area contributed by atoms with Crippen LogP contribution in [0, 0.1) is 5.92 Å². The predicted octanol–water partition coefficient (Wildman–Crippen LogP) is 3.01. The van der Waals surface area contributed by atoms with Gasteiger partial charge in [0.1, 0.15) is 4.60 Å². The number of hydrogen-bond acceptors (Lipinski definition) is 3. The molecule has 1 fully saturated rings. The topological polar surface area (TPSA) is 59.3 Å². The van der Waals surface area contributed by atoms with Crippen molar-refractivity contribution in [2.24, 2.45) is 5.92 Å². The van der Waals surface area contributed by atoms with E-state index in [9.17, 15) is 4.79 Å². The molecule has 0 atom stereocenters. The minimum Gasteiger partial charge on any atom is -0.293 e. The van der Waals surface area contributed by atoms with Gasteiger partial charge in [-0.15, -0.1) is 5.10 Å². The van der Waals surface area contributed by atoms with Crippen LogP contribution in [0.5, 0.6) is 0 Å². The highest BCUT2D eigenvalue weighted by Crippen LogP contribution is 2.24. The lowest BCUT2D eigenvalue weighted by molar-refractivity contribution is -0.120. The van der Waals surface area contributed by atoms with Crippen molar-refractivity contribution in [2.75, 3.05) is 5.32 Å². The number of carbonyl (C=O) groups excluding carboxylic acids is 1. The van der Waals surface area contributed by atoms with Gasteiger partial charge in [-0.05, 0) is 40.9 Å². The van der Waals surface area contributed by atoms with Gasteiger partial charge < -0.3 is 0 Å². The lowest BCUT2D eigenvalue weighted by Gasteiger charge is -2.19. The van der Waals surface area contributed by atoms with Gasteiger partial charge in [-0.3, -0.25) is 10.1 Å². The Morgan fingerprint density at radius 3 is 2.84 bits per heavy atom. The van der Waals surface area contributed by atoms with E-state index in [1.807, 2.05) is 18.2 Å². The first-order valence-corrected chi connectivity index (χ1v) is 7.35. The van der Waals surface area contributed by atoms with E-state index in [0.717, 1.165) is 30.3 Å². The first kappa shape index (κ1) is 12.6. The number of halogens is 1. The predicted molar refractivity (Wildman–Crippen MR) is 75.9 cm³/mol. The highest BCUT2D eigenvalue weighted by molar-refractivity contribution is 9.10. The summed E-state index contributed by atoms with van der Waals surface area (Å²) in [6.07, 6.45) is 5.47. The molecule has 0 aromatic carbocycles. The Hall–Kier alpha value is -1.43. The van der Waals surface area contributed by atoms with Gasteiger partial charge in [0.2, 0.25) is 11.9 Å². The van der Waals surface area contributed by atoms with Gasteiger partial charge in [0.05, 0.1) is 0 Å². The van der Waals surface area contributed by atoms with Crippen molar-refractivity contribution in [1.82, 2.24) is 14.6 Å². The summed E-state index contributed by atoms with van der Waals surface area (Å²) < 4.78 is 2.48. The first-order chi connectivity index (χ1) is 9.24. The Bertz CT molecular complexity index is 604. The molecular weight excluding hydrogens is 308 g/mol. The van der Waals surface area contributed by atoms with E-state index in [1.54, 1.807) is 4.52 Å². The molecule has 5 nitrogen and oxygen atoms in total. The van der Waals surface area contributed by atoms with Gasteiger partial charge in [0.15, 0.2) is 5.65 Å². The molecule has 0 saturated heterocycles. The fourth-order valence-electron chi connectivity index (χ4n) is 2.50. The number of nitrogens with zero attached hydrogens (tertiary/aromatic N) is 3. The van der Waals surface area contributed by atoms with Gasteiger partial charge in [0.25, 0.3) is 0 Å². The number of nitrogens with one attached hydrogen (secondary N) is 1. The monoisotopic (exact) mass is 322 g/mol. The standard InChI is InChI=1S/C13H15BrN4O/c14-10-7-4-8-11-15-13(17-18(10)11)16-12(19)9-5-2-1-3-6-9/h4,7-9H,1-3,5-6H2,(H,16,17,19). The Kier molecular flexibility index (Phi) is 3.50. The molecule has 1 aliphatic carbocycles. The lowest BCUT2D eigenvalue weighted by Crippen LogP contribution is -2.25. The van der Waals surface area contributed by atoms with Crippen LogP contribution in [0.15, 0.2) is 22.8 Å². The quantitative estimate of drug-likeness (QED) is 0.864. The summed E-state index contributed by atoms with van der Waals surface area (Å²) >= 11 is 3.40. The maximum Gasteiger partial charge on any atom is 0.249 e. The normalized spacial score (nSPS) is 16.7. The minimum absolute atomic E-state index is 0.0479. The Morgan fingerprint density at radius 2 is 2.11 bits per heavy atom. The molecule has 0 aliphatic heterocycles. The molecule has 0 radical (unpaired) electrons. The largest absolute Gasteiger partial charge is 0.293 e. The highest BCUT2D eigenvalue weighted by Gasteiger charge is 2.22. The van der Waals surface area contributed by atoms with Gasteiger partial charge in [0, 0.05) is 5.92 Å². The Labute approximate surface area is 119 Å². The van der Waals surface area contributed by atoms with Crippen LogP contribution >= 0.6 is 15.9 Å². The summed E-state index contributed by atoms with van der Waals surface area (Å²) in [5, 5.41) is 7.10. The van der Waals surface area contributed by atoms with Crippen molar-refractivity contribution in [3.8, 4) is 0 Å². The fraction of sp³-hybridized carbons (Fsp3) is 0.462. The van der Waals surface area contributed by atoms with E-state index >= 15 is 0 Å². The molecule has 3 rings (SSSR count). The molecule has 1 aliphatic rings. The Balaban J connectivity index is 1.77. The van der Waals surface area contributed by atoms with Crippen molar-refractivity contribution in [1.29, 1.82) is 0 Å². The second-order valence-corrected chi connectivity index (χ2v) is 5.69. The van der Waals surface area contributed by atoms with Crippen LogP contribution in [-0.4, -0.2) is 20.5 Å². The second kappa shape index (κ2) is 5.28. The Morgan fingerprint density at radius 1 is 1.32 bits per heavy atom. The molecule has 0 unspecified atom stereocenters. The maximum atomic E-state index is 12.1. The average Bonchev–Trinajstić information content (AvgIpc) is 2.84. The van der Waals surface area contributed by atoms with Crippen LogP contribution in [0.2, 0.25) is 0 Å². The van der Waals surface area contributed by atoms with Crippen LogP contribution in [0.1, 0.15) is 32.1 Å². The third-order valence-corrected chi connectivity index (χ3v) is 4.12. The number of carbonyl (C=O) groups is 1. The third-order valence-electron chi connectivity index (χ3n) is 3.52. The van der Waals surface area contributed by atoms with E-state index in [0.29, 0.717) is 11.6 Å². The maximum absolute atomic E-state index is 12.1. The summed E-state index contributed by atoms with van der Waals surface area (Å²) in [6.45, 7) is 0. The molecule has 100 valence electrons. The summed E-state index contributed by atoms with van der Waals surface area (Å²) in [5.74, 6) is 0.540. The van der Waals surface area contributed by atoms with Crippen molar-refractivity contribution >= 4 is 33.4 Å². The van der Waals surface area contributed by atoms with Crippen LogP contribution in [0.25, 0.3) is 5.65 Å². The molecule has 1 N–H and O–H groups in total. The van der Waals surface area contributed by atoms with Gasteiger partial charge >= 0.3 is 0 Å². The second-order valence-electron chi connectivity index (χ2n) is 4.88. The van der Waals surface area contributed by atoms with Crippen LogP contribution < -0.4 is 5.32 Å². The van der Waals surface area contributed by atoms with Crippen molar-refractivity contribution < 1.29 is 4.79 Å². The molecule has 2 aromatic rings. The first-order valence-electron chi connectivity index (χ1n) is 6.56. The molecule has 1 amide bonds. The number of aromatic nitrogens is 3. The summed E-state index contributed by atoms with van der Waals surface area (Å²) in [7, 11) is 0. The number of pyridine rings is 1. The number of rotatable bonds is 2. The van der Waals surface area contributed by atoms with Crippen molar-refractivity contribution in [3.63, 3.8) is 0 Å².